The maximum Gasteiger partial charge on any atom is 0.261 e. The summed E-state index contributed by atoms with van der Waals surface area (Å²) in [6.07, 6.45) is 1.87. The van der Waals surface area contributed by atoms with Crippen LogP contribution in [-0.2, 0) is 0 Å². The van der Waals surface area contributed by atoms with Gasteiger partial charge in [0.05, 0.1) is 11.1 Å². The second kappa shape index (κ2) is 5.45. The van der Waals surface area contributed by atoms with Crippen molar-refractivity contribution in [1.29, 1.82) is 0 Å². The molecule has 1 heterocycles. The van der Waals surface area contributed by atoms with Gasteiger partial charge in [-0.25, -0.2) is 0 Å². The number of halogens is 1. The third-order valence-corrected chi connectivity index (χ3v) is 5.34. The molecule has 1 aliphatic heterocycles. The van der Waals surface area contributed by atoms with Crippen LogP contribution in [0.2, 0.25) is 0 Å². The van der Waals surface area contributed by atoms with Crippen molar-refractivity contribution in [3.05, 3.63) is 35.4 Å². The quantitative estimate of drug-likeness (QED) is 0.614. The van der Waals surface area contributed by atoms with Gasteiger partial charge in [0.1, 0.15) is 0 Å². The van der Waals surface area contributed by atoms with Crippen molar-refractivity contribution < 1.29 is 9.59 Å². The number of hydrogen-bond donors (Lipinski definition) is 0. The normalized spacial score (nSPS) is 15.0. The number of fused-ring (bicyclic) bond motifs is 1. The van der Waals surface area contributed by atoms with Crippen LogP contribution in [0.5, 0.6) is 0 Å². The van der Waals surface area contributed by atoms with E-state index in [1.807, 2.05) is 0 Å². The molecule has 4 heteroatoms. The summed E-state index contributed by atoms with van der Waals surface area (Å²) >= 11 is 3.53. The highest BCUT2D eigenvalue weighted by Gasteiger charge is 2.39. The molecule has 0 aromatic heterocycles. The highest BCUT2D eigenvalue weighted by atomic mass is 79.9. The number of alkyl halides is 1. The highest BCUT2D eigenvalue weighted by Crippen LogP contribution is 2.33. The van der Waals surface area contributed by atoms with Crippen molar-refractivity contribution in [2.45, 2.75) is 26.7 Å². The number of carbonyl (C=O) groups excluding carboxylic acids is 2. The Bertz CT molecular complexity index is 465. The fourth-order valence-corrected chi connectivity index (χ4v) is 3.39. The van der Waals surface area contributed by atoms with E-state index in [-0.39, 0.29) is 17.2 Å². The van der Waals surface area contributed by atoms with Crippen LogP contribution in [0.4, 0.5) is 0 Å². The second-order valence-electron chi connectivity index (χ2n) is 5.08. The number of nitrogens with zero attached hydrogens (tertiary/aromatic N) is 1. The van der Waals surface area contributed by atoms with E-state index < -0.39 is 0 Å². The van der Waals surface area contributed by atoms with Gasteiger partial charge in [-0.3, -0.25) is 14.5 Å². The topological polar surface area (TPSA) is 37.4 Å². The van der Waals surface area contributed by atoms with Crippen LogP contribution in [-0.4, -0.2) is 28.6 Å². The second-order valence-corrected chi connectivity index (χ2v) is 5.64. The van der Waals surface area contributed by atoms with Gasteiger partial charge in [0.2, 0.25) is 0 Å². The van der Waals surface area contributed by atoms with Crippen molar-refractivity contribution in [2.24, 2.45) is 5.41 Å². The Morgan fingerprint density at radius 3 is 1.89 bits per heavy atom. The van der Waals surface area contributed by atoms with Crippen molar-refractivity contribution in [3.8, 4) is 0 Å². The minimum absolute atomic E-state index is 0.0344. The molecule has 0 fully saturated rings. The molecule has 1 aliphatic rings. The van der Waals surface area contributed by atoms with Crippen LogP contribution in [0.1, 0.15) is 47.4 Å². The van der Waals surface area contributed by atoms with E-state index in [1.165, 1.54) is 4.90 Å². The molecular formula is C15H18BrNO2. The molecule has 0 bridgehead atoms. The summed E-state index contributed by atoms with van der Waals surface area (Å²) in [5, 5.41) is 0.792. The number of carbonyl (C=O) groups is 2. The molecule has 0 saturated heterocycles. The average Bonchev–Trinajstić information content (AvgIpc) is 2.70. The number of hydrogen-bond acceptors (Lipinski definition) is 2. The van der Waals surface area contributed by atoms with E-state index in [1.54, 1.807) is 24.3 Å². The zero-order valence-corrected chi connectivity index (χ0v) is 12.9. The Morgan fingerprint density at radius 1 is 1.05 bits per heavy atom. The molecule has 19 heavy (non-hydrogen) atoms. The van der Waals surface area contributed by atoms with E-state index >= 15 is 0 Å². The minimum Gasteiger partial charge on any atom is -0.274 e. The Labute approximate surface area is 122 Å². The Morgan fingerprint density at radius 2 is 1.53 bits per heavy atom. The van der Waals surface area contributed by atoms with Crippen molar-refractivity contribution in [3.63, 3.8) is 0 Å². The van der Waals surface area contributed by atoms with Crippen molar-refractivity contribution >= 4 is 27.7 Å². The maximum atomic E-state index is 12.3. The summed E-state index contributed by atoms with van der Waals surface area (Å²) in [5.74, 6) is -0.319. The van der Waals surface area contributed by atoms with Crippen LogP contribution < -0.4 is 0 Å². The van der Waals surface area contributed by atoms with Gasteiger partial charge in [-0.05, 0) is 30.4 Å². The molecular weight excluding hydrogens is 306 g/mol. The van der Waals surface area contributed by atoms with Crippen molar-refractivity contribution in [1.82, 2.24) is 4.90 Å². The van der Waals surface area contributed by atoms with Gasteiger partial charge >= 0.3 is 0 Å². The van der Waals surface area contributed by atoms with Gasteiger partial charge in [-0.2, -0.15) is 0 Å². The van der Waals surface area contributed by atoms with Crippen LogP contribution in [0.15, 0.2) is 24.3 Å². The molecule has 0 N–H and O–H groups in total. The standard InChI is InChI=1S/C15H18BrNO2/c1-3-15(4-2,9-16)10-17-13(18)11-7-5-6-8-12(11)14(17)19/h5-8H,3-4,9-10H2,1-2H3. The monoisotopic (exact) mass is 323 g/mol. The van der Waals surface area contributed by atoms with Gasteiger partial charge < -0.3 is 0 Å². The van der Waals surface area contributed by atoms with Gasteiger partial charge in [-0.1, -0.05) is 41.9 Å². The fourth-order valence-electron chi connectivity index (χ4n) is 2.42. The first-order valence-corrected chi connectivity index (χ1v) is 7.72. The van der Waals surface area contributed by atoms with Crippen LogP contribution in [0.25, 0.3) is 0 Å². The van der Waals surface area contributed by atoms with Crippen molar-refractivity contribution in [2.75, 3.05) is 11.9 Å². The maximum absolute atomic E-state index is 12.3. The predicted molar refractivity (Wildman–Crippen MR) is 78.6 cm³/mol. The summed E-state index contributed by atoms with van der Waals surface area (Å²) in [4.78, 5) is 26.0. The largest absolute Gasteiger partial charge is 0.274 e. The first-order chi connectivity index (χ1) is 9.08. The highest BCUT2D eigenvalue weighted by molar-refractivity contribution is 9.09. The first-order valence-electron chi connectivity index (χ1n) is 6.59. The lowest BCUT2D eigenvalue weighted by molar-refractivity contribution is 0.0576. The summed E-state index contributed by atoms with van der Waals surface area (Å²) in [6.45, 7) is 4.68. The minimum atomic E-state index is -0.159. The molecule has 1 aromatic rings. The first kappa shape index (κ1) is 14.3. The molecule has 0 spiro atoms. The lowest BCUT2D eigenvalue weighted by atomic mass is 9.84. The Kier molecular flexibility index (Phi) is 4.09. The molecule has 2 amide bonds. The molecule has 3 nitrogen and oxygen atoms in total. The van der Waals surface area contributed by atoms with Crippen LogP contribution in [0, 0.1) is 5.41 Å². The van der Waals surface area contributed by atoms with E-state index in [0.29, 0.717) is 17.7 Å². The number of imide groups is 1. The van der Waals surface area contributed by atoms with Gasteiger partial charge in [0, 0.05) is 11.9 Å². The van der Waals surface area contributed by atoms with Gasteiger partial charge in [0.15, 0.2) is 0 Å². The molecule has 0 radical (unpaired) electrons. The molecule has 0 unspecified atom stereocenters. The van der Waals surface area contributed by atoms with E-state index in [4.69, 9.17) is 0 Å². The zero-order chi connectivity index (χ0) is 14.0. The molecule has 0 saturated carbocycles. The predicted octanol–water partition coefficient (Wildman–Crippen LogP) is 3.48. The summed E-state index contributed by atoms with van der Waals surface area (Å²) in [5.41, 5.74) is 1.03. The van der Waals surface area contributed by atoms with Gasteiger partial charge in [-0.15, -0.1) is 0 Å². The molecule has 1 aromatic carbocycles. The lowest BCUT2D eigenvalue weighted by Crippen LogP contribution is -2.41. The molecule has 2 rings (SSSR count). The number of rotatable bonds is 5. The van der Waals surface area contributed by atoms with E-state index in [2.05, 4.69) is 29.8 Å². The smallest absolute Gasteiger partial charge is 0.261 e. The number of amides is 2. The molecule has 0 aliphatic carbocycles. The molecule has 0 atom stereocenters. The van der Waals surface area contributed by atoms with Crippen LogP contribution >= 0.6 is 15.9 Å². The lowest BCUT2D eigenvalue weighted by Gasteiger charge is -2.33. The van der Waals surface area contributed by atoms with Crippen LogP contribution in [0.3, 0.4) is 0 Å². The SMILES string of the molecule is CCC(CC)(CBr)CN1C(=O)c2ccccc2C1=O. The van der Waals surface area contributed by atoms with Gasteiger partial charge in [0.25, 0.3) is 11.8 Å². The Balaban J connectivity index is 2.30. The summed E-state index contributed by atoms with van der Waals surface area (Å²) < 4.78 is 0. The average molecular weight is 324 g/mol. The third kappa shape index (κ3) is 2.34. The summed E-state index contributed by atoms with van der Waals surface area (Å²) in [7, 11) is 0. The zero-order valence-electron chi connectivity index (χ0n) is 11.3. The molecule has 102 valence electrons. The van der Waals surface area contributed by atoms with E-state index in [0.717, 1.165) is 18.2 Å². The fraction of sp³-hybridized carbons (Fsp3) is 0.467. The third-order valence-electron chi connectivity index (χ3n) is 4.16. The number of benzene rings is 1. The summed E-state index contributed by atoms with van der Waals surface area (Å²) in [6, 6.07) is 7.04. The Hall–Kier alpha value is -1.16. The van der Waals surface area contributed by atoms with E-state index in [9.17, 15) is 9.59 Å².